The lowest BCUT2D eigenvalue weighted by Gasteiger charge is -2.11. The van der Waals surface area contributed by atoms with Crippen LogP contribution in [0.2, 0.25) is 0 Å². The molecule has 1 fully saturated rings. The topological polar surface area (TPSA) is 55.9 Å². The van der Waals surface area contributed by atoms with Gasteiger partial charge in [0.25, 0.3) is 0 Å². The molecule has 4 nitrogen and oxygen atoms in total. The summed E-state index contributed by atoms with van der Waals surface area (Å²) in [5.74, 6) is 0.547. The lowest BCUT2D eigenvalue weighted by atomic mass is 10.2. The van der Waals surface area contributed by atoms with Crippen molar-refractivity contribution in [2.75, 3.05) is 13.2 Å². The van der Waals surface area contributed by atoms with Crippen LogP contribution in [0, 0.1) is 6.92 Å². The van der Waals surface area contributed by atoms with Crippen molar-refractivity contribution in [1.82, 2.24) is 0 Å². The maximum Gasteiger partial charge on any atom is 0.206 e. The average molecular weight is 304 g/mol. The highest BCUT2D eigenvalue weighted by Crippen LogP contribution is 2.27. The molecule has 2 aromatic carbocycles. The molecule has 0 saturated carbocycles. The zero-order valence-corrected chi connectivity index (χ0v) is 12.5. The van der Waals surface area contributed by atoms with Crippen molar-refractivity contribution in [2.24, 2.45) is 0 Å². The predicted molar refractivity (Wildman–Crippen MR) is 78.3 cm³/mol. The summed E-state index contributed by atoms with van der Waals surface area (Å²) >= 11 is 0. The lowest BCUT2D eigenvalue weighted by Crippen LogP contribution is -2.07. The molecule has 1 aliphatic rings. The molecule has 110 valence electrons. The van der Waals surface area contributed by atoms with Gasteiger partial charge in [0.2, 0.25) is 9.84 Å². The van der Waals surface area contributed by atoms with Gasteiger partial charge in [-0.3, -0.25) is 0 Å². The van der Waals surface area contributed by atoms with E-state index in [1.165, 1.54) is 0 Å². The SMILES string of the molecule is Cc1ccc(OCC2CO2)cc1S(=O)(=O)c1ccccc1. The molecular formula is C16H16O4S. The highest BCUT2D eigenvalue weighted by molar-refractivity contribution is 7.91. The summed E-state index contributed by atoms with van der Waals surface area (Å²) in [6, 6.07) is 13.5. The van der Waals surface area contributed by atoms with Gasteiger partial charge in [0, 0.05) is 0 Å². The van der Waals surface area contributed by atoms with Gasteiger partial charge in [-0.2, -0.15) is 0 Å². The molecule has 1 heterocycles. The van der Waals surface area contributed by atoms with Crippen LogP contribution in [-0.4, -0.2) is 27.7 Å². The van der Waals surface area contributed by atoms with E-state index in [0.29, 0.717) is 24.5 Å². The summed E-state index contributed by atoms with van der Waals surface area (Å²) in [5, 5.41) is 0. The third-order valence-corrected chi connectivity index (χ3v) is 5.25. The van der Waals surface area contributed by atoms with Crippen LogP contribution in [0.15, 0.2) is 58.3 Å². The van der Waals surface area contributed by atoms with Crippen molar-refractivity contribution in [3.8, 4) is 5.75 Å². The smallest absolute Gasteiger partial charge is 0.206 e. The Kier molecular flexibility index (Phi) is 3.69. The molecule has 1 unspecified atom stereocenters. The zero-order chi connectivity index (χ0) is 14.9. The molecule has 1 aliphatic heterocycles. The summed E-state index contributed by atoms with van der Waals surface area (Å²) in [7, 11) is -3.53. The van der Waals surface area contributed by atoms with Gasteiger partial charge in [0.1, 0.15) is 18.5 Å². The van der Waals surface area contributed by atoms with Gasteiger partial charge in [-0.25, -0.2) is 8.42 Å². The number of benzene rings is 2. The standard InChI is InChI=1S/C16H16O4S/c1-12-7-8-13(19-10-14-11-20-14)9-16(12)21(17,18)15-5-3-2-4-6-15/h2-9,14H,10-11H2,1H3. The Labute approximate surface area is 124 Å². The molecule has 1 saturated heterocycles. The number of hydrogen-bond acceptors (Lipinski definition) is 4. The maximum atomic E-state index is 12.7. The van der Waals surface area contributed by atoms with Gasteiger partial charge in [-0.05, 0) is 36.8 Å². The molecule has 0 aromatic heterocycles. The van der Waals surface area contributed by atoms with Crippen LogP contribution in [0.25, 0.3) is 0 Å². The minimum absolute atomic E-state index is 0.139. The fraction of sp³-hybridized carbons (Fsp3) is 0.250. The Hall–Kier alpha value is -1.85. The van der Waals surface area contributed by atoms with Gasteiger partial charge in [0.05, 0.1) is 16.4 Å². The van der Waals surface area contributed by atoms with Crippen LogP contribution in [0.5, 0.6) is 5.75 Å². The van der Waals surface area contributed by atoms with E-state index < -0.39 is 9.84 Å². The first-order chi connectivity index (χ1) is 10.1. The largest absolute Gasteiger partial charge is 0.491 e. The third-order valence-electron chi connectivity index (χ3n) is 3.34. The molecular weight excluding hydrogens is 288 g/mol. The third kappa shape index (κ3) is 3.09. The zero-order valence-electron chi connectivity index (χ0n) is 11.7. The van der Waals surface area contributed by atoms with Crippen molar-refractivity contribution in [2.45, 2.75) is 22.8 Å². The highest BCUT2D eigenvalue weighted by atomic mass is 32.2. The van der Waals surface area contributed by atoms with Gasteiger partial charge in [-0.1, -0.05) is 24.3 Å². The van der Waals surface area contributed by atoms with E-state index in [0.717, 1.165) is 0 Å². The molecule has 21 heavy (non-hydrogen) atoms. The van der Waals surface area contributed by atoms with E-state index in [2.05, 4.69) is 0 Å². The van der Waals surface area contributed by atoms with Gasteiger partial charge < -0.3 is 9.47 Å². The average Bonchev–Trinajstić information content (AvgIpc) is 3.31. The maximum absolute atomic E-state index is 12.7. The van der Waals surface area contributed by atoms with Crippen molar-refractivity contribution in [1.29, 1.82) is 0 Å². The molecule has 2 aromatic rings. The molecule has 0 amide bonds. The summed E-state index contributed by atoms with van der Waals surface area (Å²) in [5.41, 5.74) is 0.703. The number of rotatable bonds is 5. The normalized spacial score (nSPS) is 17.5. The van der Waals surface area contributed by atoms with Gasteiger partial charge in [-0.15, -0.1) is 0 Å². The van der Waals surface area contributed by atoms with E-state index >= 15 is 0 Å². The first kappa shape index (κ1) is 14.1. The van der Waals surface area contributed by atoms with Crippen molar-refractivity contribution in [3.63, 3.8) is 0 Å². The quantitative estimate of drug-likeness (QED) is 0.797. The first-order valence-electron chi connectivity index (χ1n) is 6.72. The van der Waals surface area contributed by atoms with Crippen LogP contribution in [0.4, 0.5) is 0 Å². The van der Waals surface area contributed by atoms with E-state index in [-0.39, 0.29) is 15.9 Å². The van der Waals surface area contributed by atoms with E-state index in [4.69, 9.17) is 9.47 Å². The molecule has 0 aliphatic carbocycles. The Morgan fingerprint density at radius 2 is 1.90 bits per heavy atom. The van der Waals surface area contributed by atoms with Gasteiger partial charge in [0.15, 0.2) is 0 Å². The molecule has 0 bridgehead atoms. The number of hydrogen-bond donors (Lipinski definition) is 0. The number of epoxide rings is 1. The Bertz CT molecular complexity index is 734. The molecule has 3 rings (SSSR count). The minimum Gasteiger partial charge on any atom is -0.491 e. The number of aryl methyl sites for hydroxylation is 1. The van der Waals surface area contributed by atoms with Crippen LogP contribution in [0.1, 0.15) is 5.56 Å². The van der Waals surface area contributed by atoms with Crippen LogP contribution in [0.3, 0.4) is 0 Å². The molecule has 0 spiro atoms. The lowest BCUT2D eigenvalue weighted by molar-refractivity contribution is 0.262. The Morgan fingerprint density at radius 3 is 2.57 bits per heavy atom. The van der Waals surface area contributed by atoms with E-state index in [9.17, 15) is 8.42 Å². The summed E-state index contributed by atoms with van der Waals surface area (Å²) in [4.78, 5) is 0.568. The predicted octanol–water partition coefficient (Wildman–Crippen LogP) is 2.61. The van der Waals surface area contributed by atoms with Crippen molar-refractivity contribution in [3.05, 3.63) is 54.1 Å². The van der Waals surface area contributed by atoms with Crippen molar-refractivity contribution < 1.29 is 17.9 Å². The second-order valence-corrected chi connectivity index (χ2v) is 6.93. The number of ether oxygens (including phenoxy) is 2. The summed E-state index contributed by atoms with van der Waals surface area (Å²) in [6.45, 7) is 2.94. The minimum atomic E-state index is -3.53. The Balaban J connectivity index is 1.94. The molecule has 0 N–H and O–H groups in total. The van der Waals surface area contributed by atoms with Crippen LogP contribution >= 0.6 is 0 Å². The monoisotopic (exact) mass is 304 g/mol. The van der Waals surface area contributed by atoms with Crippen LogP contribution < -0.4 is 4.74 Å². The second-order valence-electron chi connectivity index (χ2n) is 5.01. The van der Waals surface area contributed by atoms with E-state index in [1.807, 2.05) is 0 Å². The molecule has 1 atom stereocenters. The van der Waals surface area contributed by atoms with Gasteiger partial charge >= 0.3 is 0 Å². The van der Waals surface area contributed by atoms with Crippen LogP contribution in [-0.2, 0) is 14.6 Å². The van der Waals surface area contributed by atoms with Crippen molar-refractivity contribution >= 4 is 9.84 Å². The summed E-state index contributed by atoms with van der Waals surface area (Å²) < 4.78 is 36.0. The first-order valence-corrected chi connectivity index (χ1v) is 8.21. The Morgan fingerprint density at radius 1 is 1.19 bits per heavy atom. The fourth-order valence-corrected chi connectivity index (χ4v) is 3.57. The highest BCUT2D eigenvalue weighted by Gasteiger charge is 2.24. The molecule has 0 radical (unpaired) electrons. The second kappa shape index (κ2) is 5.50. The fourth-order valence-electron chi connectivity index (χ4n) is 2.04. The molecule has 5 heteroatoms. The number of sulfone groups is 1. The summed E-state index contributed by atoms with van der Waals surface area (Å²) in [6.07, 6.45) is 0.139. The van der Waals surface area contributed by atoms with E-state index in [1.54, 1.807) is 55.5 Å².